The van der Waals surface area contributed by atoms with Crippen molar-refractivity contribution < 1.29 is 33.2 Å². The molecule has 0 amide bonds. The third-order valence-electron chi connectivity index (χ3n) is 7.30. The molecule has 2 fully saturated rings. The van der Waals surface area contributed by atoms with Crippen LogP contribution < -0.4 is 4.74 Å². The Morgan fingerprint density at radius 1 is 0.971 bits per heavy atom. The first-order chi connectivity index (χ1) is 17.1. The third kappa shape index (κ3) is 7.88. The number of rotatable bonds is 16. The predicted molar refractivity (Wildman–Crippen MR) is 135 cm³/mol. The van der Waals surface area contributed by atoms with Crippen LogP contribution in [0.2, 0.25) is 0 Å². The molecule has 1 aromatic rings. The van der Waals surface area contributed by atoms with Crippen molar-refractivity contribution in [2.75, 3.05) is 40.6 Å². The summed E-state index contributed by atoms with van der Waals surface area (Å²) in [7, 11) is 3.44. The van der Waals surface area contributed by atoms with E-state index in [0.29, 0.717) is 26.4 Å². The molecule has 2 aliphatic rings. The zero-order chi connectivity index (χ0) is 25.1. The van der Waals surface area contributed by atoms with Crippen molar-refractivity contribution in [1.29, 1.82) is 0 Å². The van der Waals surface area contributed by atoms with Crippen LogP contribution in [0, 0.1) is 5.92 Å². The summed E-state index contributed by atoms with van der Waals surface area (Å²) >= 11 is 0. The van der Waals surface area contributed by atoms with Crippen molar-refractivity contribution >= 4 is 0 Å². The van der Waals surface area contributed by atoms with Gasteiger partial charge in [0.25, 0.3) is 0 Å². The summed E-state index contributed by atoms with van der Waals surface area (Å²) in [6.45, 7) is 9.58. The lowest BCUT2D eigenvalue weighted by Crippen LogP contribution is -2.36. The van der Waals surface area contributed by atoms with Crippen LogP contribution in [0.1, 0.15) is 64.9 Å². The first-order valence-corrected chi connectivity index (χ1v) is 13.4. The second kappa shape index (κ2) is 14.5. The lowest BCUT2D eigenvalue weighted by molar-refractivity contribution is -0.175. The molecule has 2 aliphatic heterocycles. The van der Waals surface area contributed by atoms with Crippen molar-refractivity contribution in [2.45, 2.75) is 96.1 Å². The van der Waals surface area contributed by atoms with Crippen molar-refractivity contribution in [2.24, 2.45) is 5.92 Å². The Bertz CT molecular complexity index is 706. The minimum atomic E-state index is -0.459. The second-order valence-electron chi connectivity index (χ2n) is 9.60. The van der Waals surface area contributed by atoms with E-state index < -0.39 is 5.79 Å². The van der Waals surface area contributed by atoms with Crippen LogP contribution in [-0.2, 0) is 35.0 Å². The molecule has 0 aromatic heterocycles. The zero-order valence-corrected chi connectivity index (χ0v) is 22.3. The summed E-state index contributed by atoms with van der Waals surface area (Å²) < 4.78 is 42.2. The van der Waals surface area contributed by atoms with Crippen LogP contribution in [0.3, 0.4) is 0 Å². The number of unbranched alkanes of at least 4 members (excludes halogenated alkanes) is 1. The van der Waals surface area contributed by atoms with Crippen LogP contribution in [0.4, 0.5) is 0 Å². The van der Waals surface area contributed by atoms with Gasteiger partial charge in [-0.15, -0.1) is 0 Å². The monoisotopic (exact) mass is 494 g/mol. The molecule has 3 rings (SSSR count). The standard InChI is InChI=1S/C28H46O7/c1-6-9-15-31-16-14-25-24(20-32-18-21-10-12-22(29-4)13-11-21)27(30-5)26(34-25)17-23-19-33-28(7-2,8-3)35-23/h10-13,23-27H,6-9,14-20H2,1-5H3/t23-,24-,25-,26+,27+/m0/s1. The van der Waals surface area contributed by atoms with E-state index in [1.165, 1.54) is 0 Å². The van der Waals surface area contributed by atoms with Crippen LogP contribution >= 0.6 is 0 Å². The maximum absolute atomic E-state index is 6.58. The number of hydrogen-bond acceptors (Lipinski definition) is 7. The van der Waals surface area contributed by atoms with Gasteiger partial charge in [-0.3, -0.25) is 0 Å². The minimum absolute atomic E-state index is 0.0120. The average molecular weight is 495 g/mol. The van der Waals surface area contributed by atoms with Gasteiger partial charge >= 0.3 is 0 Å². The third-order valence-corrected chi connectivity index (χ3v) is 7.30. The van der Waals surface area contributed by atoms with Crippen LogP contribution in [0.5, 0.6) is 5.75 Å². The molecule has 0 saturated carbocycles. The van der Waals surface area contributed by atoms with Gasteiger partial charge in [-0.05, 0) is 43.4 Å². The molecular formula is C28H46O7. The predicted octanol–water partition coefficient (Wildman–Crippen LogP) is 5.14. The largest absolute Gasteiger partial charge is 0.497 e. The van der Waals surface area contributed by atoms with Crippen LogP contribution in [0.25, 0.3) is 0 Å². The fourth-order valence-electron chi connectivity index (χ4n) is 5.09. The van der Waals surface area contributed by atoms with Gasteiger partial charge in [-0.25, -0.2) is 0 Å². The fourth-order valence-corrected chi connectivity index (χ4v) is 5.09. The molecule has 35 heavy (non-hydrogen) atoms. The van der Waals surface area contributed by atoms with E-state index in [2.05, 4.69) is 20.8 Å². The smallest absolute Gasteiger partial charge is 0.168 e. The number of methoxy groups -OCH3 is 2. The maximum Gasteiger partial charge on any atom is 0.168 e. The van der Waals surface area contributed by atoms with E-state index in [-0.39, 0.29) is 30.3 Å². The SMILES string of the molecule is CCCCOCC[C@@H]1O[C@H](C[C@H]2COC(CC)(CC)O2)[C@H](OC)[C@H]1COCc1ccc(OC)cc1. The number of hydrogen-bond donors (Lipinski definition) is 0. The van der Waals surface area contributed by atoms with Gasteiger partial charge in [0.05, 0.1) is 51.3 Å². The first kappa shape index (κ1) is 28.4. The Hall–Kier alpha value is -1.22. The normalized spacial score (nSPS) is 28.0. The summed E-state index contributed by atoms with van der Waals surface area (Å²) in [5.74, 6) is 0.512. The molecule has 0 radical (unpaired) electrons. The quantitative estimate of drug-likeness (QED) is 0.295. The molecule has 0 N–H and O–H groups in total. The molecule has 2 heterocycles. The van der Waals surface area contributed by atoms with E-state index in [0.717, 1.165) is 56.4 Å². The van der Waals surface area contributed by atoms with Gasteiger partial charge in [-0.1, -0.05) is 39.3 Å². The van der Waals surface area contributed by atoms with E-state index in [4.69, 9.17) is 33.2 Å². The van der Waals surface area contributed by atoms with E-state index in [1.54, 1.807) is 14.2 Å². The fraction of sp³-hybridized carbons (Fsp3) is 0.786. The molecule has 7 nitrogen and oxygen atoms in total. The highest BCUT2D eigenvalue weighted by molar-refractivity contribution is 5.26. The zero-order valence-electron chi connectivity index (χ0n) is 22.3. The molecule has 0 spiro atoms. The lowest BCUT2D eigenvalue weighted by Gasteiger charge is -2.26. The molecule has 1 aromatic carbocycles. The van der Waals surface area contributed by atoms with Gasteiger partial charge in [0.2, 0.25) is 0 Å². The molecule has 200 valence electrons. The minimum Gasteiger partial charge on any atom is -0.497 e. The van der Waals surface area contributed by atoms with Gasteiger partial charge in [0, 0.05) is 32.7 Å². The maximum atomic E-state index is 6.58. The van der Waals surface area contributed by atoms with E-state index >= 15 is 0 Å². The molecule has 2 saturated heterocycles. The Labute approximate surface area is 211 Å². The van der Waals surface area contributed by atoms with Gasteiger partial charge in [0.1, 0.15) is 5.75 Å². The Balaban J connectivity index is 1.59. The van der Waals surface area contributed by atoms with E-state index in [9.17, 15) is 0 Å². The Kier molecular flexibility index (Phi) is 11.7. The molecule has 5 atom stereocenters. The van der Waals surface area contributed by atoms with Crippen molar-refractivity contribution in [3.63, 3.8) is 0 Å². The van der Waals surface area contributed by atoms with Crippen molar-refractivity contribution in [3.8, 4) is 5.75 Å². The summed E-state index contributed by atoms with van der Waals surface area (Å²) in [6, 6.07) is 7.98. The Morgan fingerprint density at radius 3 is 2.37 bits per heavy atom. The highest BCUT2D eigenvalue weighted by Crippen LogP contribution is 2.38. The van der Waals surface area contributed by atoms with Crippen LogP contribution in [0.15, 0.2) is 24.3 Å². The summed E-state index contributed by atoms with van der Waals surface area (Å²) in [5.41, 5.74) is 1.11. The topological polar surface area (TPSA) is 64.6 Å². The molecule has 0 unspecified atom stereocenters. The van der Waals surface area contributed by atoms with Crippen LogP contribution in [-0.4, -0.2) is 70.9 Å². The van der Waals surface area contributed by atoms with Crippen molar-refractivity contribution in [3.05, 3.63) is 29.8 Å². The molecule has 7 heteroatoms. The summed E-state index contributed by atoms with van der Waals surface area (Å²) in [5, 5.41) is 0. The lowest BCUT2D eigenvalue weighted by atomic mass is 9.93. The highest BCUT2D eigenvalue weighted by Gasteiger charge is 2.47. The molecule has 0 aliphatic carbocycles. The Morgan fingerprint density at radius 2 is 1.74 bits per heavy atom. The van der Waals surface area contributed by atoms with Gasteiger partial charge in [0.15, 0.2) is 5.79 Å². The first-order valence-electron chi connectivity index (χ1n) is 13.4. The molecular weight excluding hydrogens is 448 g/mol. The second-order valence-corrected chi connectivity index (χ2v) is 9.60. The van der Waals surface area contributed by atoms with Gasteiger partial charge < -0.3 is 33.2 Å². The molecule has 0 bridgehead atoms. The average Bonchev–Trinajstić information content (AvgIpc) is 3.45. The number of ether oxygens (including phenoxy) is 7. The summed E-state index contributed by atoms with van der Waals surface area (Å²) in [6.07, 6.45) is 5.40. The van der Waals surface area contributed by atoms with E-state index in [1.807, 2.05) is 24.3 Å². The van der Waals surface area contributed by atoms with Crippen molar-refractivity contribution in [1.82, 2.24) is 0 Å². The highest BCUT2D eigenvalue weighted by atomic mass is 16.7. The number of benzene rings is 1. The summed E-state index contributed by atoms with van der Waals surface area (Å²) in [4.78, 5) is 0. The van der Waals surface area contributed by atoms with Gasteiger partial charge in [-0.2, -0.15) is 0 Å².